The lowest BCUT2D eigenvalue weighted by atomic mass is 10.0. The number of nitrogens with zero attached hydrogens (tertiary/aromatic N) is 5. The van der Waals surface area contributed by atoms with Crippen LogP contribution in [-0.2, 0) is 0 Å². The van der Waals surface area contributed by atoms with E-state index in [-0.39, 0.29) is 5.82 Å². The first kappa shape index (κ1) is 23.3. The van der Waals surface area contributed by atoms with Crippen LogP contribution in [0.3, 0.4) is 0 Å². The lowest BCUT2D eigenvalue weighted by molar-refractivity contribution is 0.109. The van der Waals surface area contributed by atoms with Crippen LogP contribution in [0.25, 0.3) is 22.6 Å². The molecule has 0 amide bonds. The number of rotatable bonds is 4. The molecule has 1 aromatic carbocycles. The van der Waals surface area contributed by atoms with Gasteiger partial charge in [-0.05, 0) is 44.2 Å². The van der Waals surface area contributed by atoms with Crippen LogP contribution in [0.5, 0.6) is 0 Å². The van der Waals surface area contributed by atoms with Crippen molar-refractivity contribution in [1.82, 2.24) is 24.3 Å². The smallest absolute Gasteiger partial charge is 0.234 e. The van der Waals surface area contributed by atoms with Crippen LogP contribution in [0, 0.1) is 19.7 Å². The minimum Gasteiger partial charge on any atom is -0.438 e. The van der Waals surface area contributed by atoms with E-state index in [0.29, 0.717) is 40.7 Å². The maximum atomic E-state index is 14.2. The average molecular weight is 463 g/mol. The number of aromatic nitrogens is 4. The van der Waals surface area contributed by atoms with Crippen LogP contribution >= 0.6 is 0 Å². The van der Waals surface area contributed by atoms with Crippen molar-refractivity contribution in [1.29, 1.82) is 0 Å². The summed E-state index contributed by atoms with van der Waals surface area (Å²) in [5.41, 5.74) is 4.94. The van der Waals surface area contributed by atoms with E-state index in [1.54, 1.807) is 26.0 Å². The number of hydrogen-bond donors (Lipinski definition) is 1. The van der Waals surface area contributed by atoms with E-state index in [2.05, 4.69) is 38.3 Å². The number of nitrogens with one attached hydrogen (secondary N) is 1. The SMILES string of the molecule is CNc1ccc(F)c(-c2cn3cc(C4=CCN(C)CC4)cnc3n2)c1.Cc1nc(C)c(C=O)o1. The zero-order chi connectivity index (χ0) is 24.2. The summed E-state index contributed by atoms with van der Waals surface area (Å²) < 4.78 is 21.0. The van der Waals surface area contributed by atoms with E-state index in [9.17, 15) is 9.18 Å². The van der Waals surface area contributed by atoms with Gasteiger partial charge in [-0.2, -0.15) is 0 Å². The number of aldehydes is 1. The summed E-state index contributed by atoms with van der Waals surface area (Å²) in [7, 11) is 3.93. The van der Waals surface area contributed by atoms with Crippen LogP contribution in [0.4, 0.5) is 10.1 Å². The largest absolute Gasteiger partial charge is 0.438 e. The van der Waals surface area contributed by atoms with Gasteiger partial charge in [0, 0.05) is 62.5 Å². The lowest BCUT2D eigenvalue weighted by Gasteiger charge is -2.21. The summed E-state index contributed by atoms with van der Waals surface area (Å²) in [5, 5.41) is 3.03. The van der Waals surface area contributed by atoms with Gasteiger partial charge in [0.1, 0.15) is 5.82 Å². The molecule has 4 heterocycles. The number of carbonyl (C=O) groups excluding carboxylic acids is 1. The first-order chi connectivity index (χ1) is 16.4. The van der Waals surface area contributed by atoms with E-state index >= 15 is 0 Å². The quantitative estimate of drug-likeness (QED) is 0.450. The predicted octanol–water partition coefficient (Wildman–Crippen LogP) is 4.40. The van der Waals surface area contributed by atoms with E-state index in [4.69, 9.17) is 4.42 Å². The van der Waals surface area contributed by atoms with Crippen molar-refractivity contribution in [2.45, 2.75) is 20.3 Å². The van der Waals surface area contributed by atoms with E-state index in [0.717, 1.165) is 30.8 Å². The van der Waals surface area contributed by atoms with E-state index < -0.39 is 0 Å². The Morgan fingerprint density at radius 1 is 1.21 bits per heavy atom. The molecular formula is C25H27FN6O2. The zero-order valence-electron chi connectivity index (χ0n) is 19.7. The van der Waals surface area contributed by atoms with Crippen LogP contribution < -0.4 is 5.32 Å². The third-order valence-electron chi connectivity index (χ3n) is 5.67. The Morgan fingerprint density at radius 2 is 2.03 bits per heavy atom. The molecule has 0 saturated heterocycles. The van der Waals surface area contributed by atoms with Gasteiger partial charge in [0.25, 0.3) is 0 Å². The second kappa shape index (κ2) is 9.96. The van der Waals surface area contributed by atoms with Gasteiger partial charge in [0.2, 0.25) is 5.78 Å². The molecule has 0 radical (unpaired) electrons. The van der Waals surface area contributed by atoms with Gasteiger partial charge >= 0.3 is 0 Å². The van der Waals surface area contributed by atoms with Gasteiger partial charge < -0.3 is 14.6 Å². The molecule has 0 aliphatic carbocycles. The predicted molar refractivity (Wildman–Crippen MR) is 129 cm³/mol. The molecule has 8 nitrogen and oxygen atoms in total. The number of aryl methyl sites for hydroxylation is 2. The minimum absolute atomic E-state index is 0.291. The fourth-order valence-corrected chi connectivity index (χ4v) is 3.75. The Bertz CT molecular complexity index is 1360. The standard InChI is InChI=1S/C19H20FN5.C6H7NO2/c1-21-15-3-4-17(20)16(9-15)18-12-25-11-14(10-22-19(25)23-18)13-5-7-24(2)8-6-13;1-4-6(3-8)9-5(2)7-4/h3-5,9-12,21H,6-8H2,1-2H3;3H,1-2H3. The first-order valence-electron chi connectivity index (χ1n) is 11.0. The number of likely N-dealkylation sites (N-methyl/N-ethyl adjacent to an activating group) is 1. The second-order valence-electron chi connectivity index (χ2n) is 8.16. The Hall–Kier alpha value is -3.85. The number of imidazole rings is 1. The molecular weight excluding hydrogens is 435 g/mol. The Morgan fingerprint density at radius 3 is 2.65 bits per heavy atom. The zero-order valence-corrected chi connectivity index (χ0v) is 19.7. The van der Waals surface area contributed by atoms with Gasteiger partial charge in [-0.25, -0.2) is 19.3 Å². The molecule has 1 aliphatic heterocycles. The van der Waals surface area contributed by atoms with Gasteiger partial charge in [-0.1, -0.05) is 6.08 Å². The van der Waals surface area contributed by atoms with Crippen LogP contribution in [0.2, 0.25) is 0 Å². The molecule has 176 valence electrons. The van der Waals surface area contributed by atoms with Gasteiger partial charge in [0.05, 0.1) is 11.4 Å². The van der Waals surface area contributed by atoms with Crippen molar-refractivity contribution in [3.05, 3.63) is 71.6 Å². The molecule has 9 heteroatoms. The third kappa shape index (κ3) is 5.04. The molecule has 0 saturated carbocycles. The molecule has 1 N–H and O–H groups in total. The molecule has 0 atom stereocenters. The fraction of sp³-hybridized carbons (Fsp3) is 0.280. The van der Waals surface area contributed by atoms with Gasteiger partial charge in [0.15, 0.2) is 17.9 Å². The summed E-state index contributed by atoms with van der Waals surface area (Å²) in [5.74, 6) is 1.14. The number of fused-ring (bicyclic) bond motifs is 1. The van der Waals surface area contributed by atoms with Crippen LogP contribution in [0.15, 0.2) is 47.3 Å². The van der Waals surface area contributed by atoms with E-state index in [1.807, 2.05) is 30.0 Å². The van der Waals surface area contributed by atoms with Gasteiger partial charge in [-0.3, -0.25) is 9.20 Å². The van der Waals surface area contributed by atoms with Crippen molar-refractivity contribution < 1.29 is 13.6 Å². The lowest BCUT2D eigenvalue weighted by Crippen LogP contribution is -2.23. The van der Waals surface area contributed by atoms with Crippen molar-refractivity contribution in [2.24, 2.45) is 0 Å². The average Bonchev–Trinajstić information content (AvgIpc) is 3.41. The summed E-state index contributed by atoms with van der Waals surface area (Å²) in [6.45, 7) is 5.44. The highest BCUT2D eigenvalue weighted by molar-refractivity contribution is 5.72. The maximum absolute atomic E-state index is 14.2. The van der Waals surface area contributed by atoms with E-state index in [1.165, 1.54) is 11.6 Å². The summed E-state index contributed by atoms with van der Waals surface area (Å²) in [6, 6.07) is 4.92. The normalized spacial score (nSPS) is 13.9. The van der Waals surface area contributed by atoms with Crippen LogP contribution in [0.1, 0.15) is 34.1 Å². The number of hydrogen-bond acceptors (Lipinski definition) is 7. The Balaban J connectivity index is 0.000000257. The molecule has 34 heavy (non-hydrogen) atoms. The van der Waals surface area contributed by atoms with Gasteiger partial charge in [-0.15, -0.1) is 0 Å². The number of anilines is 1. The fourth-order valence-electron chi connectivity index (χ4n) is 3.75. The summed E-state index contributed by atoms with van der Waals surface area (Å²) in [6.07, 6.45) is 9.61. The topological polar surface area (TPSA) is 88.6 Å². The maximum Gasteiger partial charge on any atom is 0.234 e. The van der Waals surface area contributed by atoms with Crippen molar-refractivity contribution in [2.75, 3.05) is 32.5 Å². The highest BCUT2D eigenvalue weighted by Gasteiger charge is 2.14. The monoisotopic (exact) mass is 462 g/mol. The highest BCUT2D eigenvalue weighted by atomic mass is 19.1. The number of halogens is 1. The molecule has 4 aromatic rings. The Kier molecular flexibility index (Phi) is 6.83. The molecule has 5 rings (SSSR count). The molecule has 1 aliphatic rings. The molecule has 0 spiro atoms. The molecule has 0 fully saturated rings. The van der Waals surface area contributed by atoms with Crippen molar-refractivity contribution in [3.63, 3.8) is 0 Å². The number of benzene rings is 1. The number of oxazole rings is 1. The highest BCUT2D eigenvalue weighted by Crippen LogP contribution is 2.27. The van der Waals surface area contributed by atoms with Crippen molar-refractivity contribution >= 4 is 23.3 Å². The van der Waals surface area contributed by atoms with Crippen molar-refractivity contribution in [3.8, 4) is 11.3 Å². The summed E-state index contributed by atoms with van der Waals surface area (Å²) >= 11 is 0. The second-order valence-corrected chi connectivity index (χ2v) is 8.16. The van der Waals surface area contributed by atoms with Crippen LogP contribution in [-0.4, -0.2) is 57.7 Å². The first-order valence-corrected chi connectivity index (χ1v) is 11.0. The third-order valence-corrected chi connectivity index (χ3v) is 5.67. The minimum atomic E-state index is -0.291. The Labute approximate surface area is 197 Å². The number of carbonyl (C=O) groups is 1. The molecule has 0 bridgehead atoms. The molecule has 3 aromatic heterocycles. The molecule has 0 unspecified atom stereocenters. The summed E-state index contributed by atoms with van der Waals surface area (Å²) in [4.78, 5) is 25.2.